The number of anilines is 1. The average molecular weight is 765 g/mol. The predicted molar refractivity (Wildman–Crippen MR) is 190 cm³/mol. The molecule has 2 bridgehead atoms. The van der Waals surface area contributed by atoms with E-state index in [1.54, 1.807) is 0 Å². The summed E-state index contributed by atoms with van der Waals surface area (Å²) in [6.45, 7) is 1.92. The van der Waals surface area contributed by atoms with Gasteiger partial charge >= 0.3 is 18.3 Å². The molecule has 1 N–H and O–H groups in total. The fraction of sp³-hybridized carbons (Fsp3) is 0.487. The van der Waals surface area contributed by atoms with Crippen LogP contribution in [0.5, 0.6) is 17.6 Å². The van der Waals surface area contributed by atoms with E-state index in [1.807, 2.05) is 4.90 Å². The van der Waals surface area contributed by atoms with Crippen LogP contribution in [-0.4, -0.2) is 107 Å². The number of likely N-dealkylation sites (tertiary alicyclic amines) is 1. The number of aromatic nitrogens is 3. The molecule has 11 nitrogen and oxygen atoms in total. The van der Waals surface area contributed by atoms with Crippen molar-refractivity contribution in [1.29, 1.82) is 0 Å². The van der Waals surface area contributed by atoms with E-state index in [1.165, 1.54) is 36.6 Å². The molecule has 3 saturated heterocycles. The zero-order chi connectivity index (χ0) is 38.4. The minimum absolute atomic E-state index is 0.00686. The summed E-state index contributed by atoms with van der Waals surface area (Å²) >= 11 is 0. The standard InChI is InChI=1S/C39H37F5N6O5/c1-3-26-28(40)7-4-20-11-25(51)12-27(29(20)26)32-31(41)33-30(35(45-32)53-2)34(49-15-23-5-6-24(16-49)50(23)37(52)55-19-39(42,43)44)47-36(46-33)54-18-38(8-9-38)17-48-13-21-10-22(21)14-48/h1,4,7,11-12,21-24,51H,5-6,8-10,13-19H2,2H3. The second kappa shape index (κ2) is 13.0. The van der Waals surface area contributed by atoms with Gasteiger partial charge in [0.25, 0.3) is 0 Å². The number of rotatable bonds is 9. The molecule has 9 rings (SSSR count). The van der Waals surface area contributed by atoms with Crippen LogP contribution in [0.4, 0.5) is 32.6 Å². The zero-order valence-electron chi connectivity index (χ0n) is 29.8. The van der Waals surface area contributed by atoms with E-state index < -0.39 is 42.6 Å². The van der Waals surface area contributed by atoms with Crippen molar-refractivity contribution < 1.29 is 46.1 Å². The number of hydrogen-bond donors (Lipinski definition) is 1. The number of hydrogen-bond acceptors (Lipinski definition) is 10. The van der Waals surface area contributed by atoms with E-state index in [9.17, 15) is 23.1 Å². The molecule has 4 unspecified atom stereocenters. The first-order valence-electron chi connectivity index (χ1n) is 18.3. The molecule has 5 fully saturated rings. The van der Waals surface area contributed by atoms with Crippen molar-refractivity contribution in [2.45, 2.75) is 50.4 Å². The normalized spacial score (nSPS) is 23.9. The number of carbonyl (C=O) groups is 1. The van der Waals surface area contributed by atoms with Crippen molar-refractivity contribution in [3.8, 4) is 41.2 Å². The van der Waals surface area contributed by atoms with Gasteiger partial charge in [0.15, 0.2) is 12.4 Å². The third-order valence-corrected chi connectivity index (χ3v) is 11.8. The van der Waals surface area contributed by atoms with Crippen molar-refractivity contribution in [1.82, 2.24) is 24.8 Å². The largest absolute Gasteiger partial charge is 0.508 e. The minimum atomic E-state index is -4.67. The van der Waals surface area contributed by atoms with E-state index >= 15 is 8.78 Å². The van der Waals surface area contributed by atoms with Crippen LogP contribution in [0.2, 0.25) is 0 Å². The van der Waals surface area contributed by atoms with E-state index in [0.29, 0.717) is 24.8 Å². The summed E-state index contributed by atoms with van der Waals surface area (Å²) in [4.78, 5) is 32.4. The van der Waals surface area contributed by atoms with Gasteiger partial charge in [-0.3, -0.25) is 4.90 Å². The van der Waals surface area contributed by atoms with Gasteiger partial charge < -0.3 is 29.1 Å². The molecule has 4 atom stereocenters. The number of piperidine rings is 1. The second-order valence-electron chi connectivity index (χ2n) is 15.6. The van der Waals surface area contributed by atoms with Crippen LogP contribution < -0.4 is 14.4 Å². The number of ether oxygens (including phenoxy) is 3. The molecule has 288 valence electrons. The first-order chi connectivity index (χ1) is 26.3. The third kappa shape index (κ3) is 6.45. The molecule has 4 aromatic rings. The number of piperazine rings is 1. The Hall–Kier alpha value is -5.17. The summed E-state index contributed by atoms with van der Waals surface area (Å²) in [6.07, 6.45) is 4.21. The Kier molecular flexibility index (Phi) is 8.37. The maximum Gasteiger partial charge on any atom is 0.422 e. The van der Waals surface area contributed by atoms with Gasteiger partial charge in [-0.05, 0) is 67.5 Å². The van der Waals surface area contributed by atoms with Gasteiger partial charge in [-0.25, -0.2) is 18.6 Å². The molecule has 2 aromatic heterocycles. The number of methoxy groups -OCH3 is 1. The molecule has 2 aliphatic carbocycles. The van der Waals surface area contributed by atoms with Crippen LogP contribution >= 0.6 is 0 Å². The van der Waals surface area contributed by atoms with Crippen LogP contribution in [0.3, 0.4) is 0 Å². The Morgan fingerprint density at radius 2 is 1.76 bits per heavy atom. The molecular weight excluding hydrogens is 727 g/mol. The van der Waals surface area contributed by atoms with Crippen LogP contribution in [-0.2, 0) is 4.74 Å². The Morgan fingerprint density at radius 3 is 2.42 bits per heavy atom. The van der Waals surface area contributed by atoms with E-state index in [-0.39, 0.29) is 75.1 Å². The zero-order valence-corrected chi connectivity index (χ0v) is 29.8. The Bertz CT molecular complexity index is 2250. The Morgan fingerprint density at radius 1 is 1.04 bits per heavy atom. The average Bonchev–Trinajstić information content (AvgIpc) is 4.04. The summed E-state index contributed by atoms with van der Waals surface area (Å²) in [7, 11) is 1.34. The van der Waals surface area contributed by atoms with Gasteiger partial charge in [-0.2, -0.15) is 23.1 Å². The second-order valence-corrected chi connectivity index (χ2v) is 15.6. The van der Waals surface area contributed by atoms with Crippen molar-refractivity contribution in [3.05, 3.63) is 41.5 Å². The summed E-state index contributed by atoms with van der Waals surface area (Å²) in [5.74, 6) is 2.12. The van der Waals surface area contributed by atoms with Crippen LogP contribution in [0.15, 0.2) is 24.3 Å². The van der Waals surface area contributed by atoms with Crippen molar-refractivity contribution in [3.63, 3.8) is 0 Å². The molecule has 55 heavy (non-hydrogen) atoms. The number of phenols is 1. The minimum Gasteiger partial charge on any atom is -0.508 e. The van der Waals surface area contributed by atoms with Crippen molar-refractivity contribution in [2.24, 2.45) is 17.3 Å². The number of aromatic hydroxyl groups is 1. The van der Waals surface area contributed by atoms with Gasteiger partial charge in [0.1, 0.15) is 34.0 Å². The number of alkyl halides is 3. The van der Waals surface area contributed by atoms with Crippen LogP contribution in [0, 0.1) is 41.2 Å². The number of terminal acetylenes is 1. The van der Waals surface area contributed by atoms with E-state index in [4.69, 9.17) is 20.9 Å². The fourth-order valence-corrected chi connectivity index (χ4v) is 8.91. The third-order valence-electron chi connectivity index (χ3n) is 11.8. The number of fused-ring (bicyclic) bond motifs is 5. The van der Waals surface area contributed by atoms with Gasteiger partial charge in [-0.1, -0.05) is 12.0 Å². The lowest BCUT2D eigenvalue weighted by Crippen LogP contribution is -2.56. The molecule has 3 aliphatic heterocycles. The number of phenolic OH excluding ortho intramolecular Hbond substituents is 1. The number of halogens is 5. The molecule has 5 aliphatic rings. The van der Waals surface area contributed by atoms with Gasteiger partial charge in [0.2, 0.25) is 5.88 Å². The quantitative estimate of drug-likeness (QED) is 0.154. The highest BCUT2D eigenvalue weighted by Crippen LogP contribution is 2.51. The first-order valence-corrected chi connectivity index (χ1v) is 18.3. The molecular formula is C39H37F5N6O5. The fourth-order valence-electron chi connectivity index (χ4n) is 8.91. The first kappa shape index (κ1) is 35.5. The number of nitrogens with zero attached hydrogens (tertiary/aromatic N) is 6. The molecule has 2 aromatic carbocycles. The van der Waals surface area contributed by atoms with E-state index in [2.05, 4.69) is 25.5 Å². The maximum absolute atomic E-state index is 17.2. The summed E-state index contributed by atoms with van der Waals surface area (Å²) in [5.41, 5.74) is -0.765. The Labute approximate surface area is 312 Å². The lowest BCUT2D eigenvalue weighted by Gasteiger charge is -2.41. The highest BCUT2D eigenvalue weighted by atomic mass is 19.4. The number of carbonyl (C=O) groups excluding carboxylic acids is 1. The lowest BCUT2D eigenvalue weighted by molar-refractivity contribution is -0.163. The molecule has 0 spiro atoms. The molecule has 1 amide bonds. The number of pyridine rings is 1. The summed E-state index contributed by atoms with van der Waals surface area (Å²) < 4.78 is 87.6. The topological polar surface area (TPSA) is 113 Å². The maximum atomic E-state index is 17.2. The molecule has 2 saturated carbocycles. The highest BCUT2D eigenvalue weighted by molar-refractivity contribution is 6.04. The lowest BCUT2D eigenvalue weighted by atomic mass is 9.95. The van der Waals surface area contributed by atoms with Crippen LogP contribution in [0.25, 0.3) is 32.9 Å². The van der Waals surface area contributed by atoms with Gasteiger partial charge in [0, 0.05) is 49.1 Å². The predicted octanol–water partition coefficient (Wildman–Crippen LogP) is 6.28. The summed E-state index contributed by atoms with van der Waals surface area (Å²) in [6, 6.07) is 4.06. The number of benzene rings is 2. The SMILES string of the molecule is C#Cc1c(F)ccc2cc(O)cc(-c3nc(OC)c4c(N5CC6CCC(C5)N6C(=O)OCC(F)(F)F)nc(OCC5(CN6CC7CC7C6)CC5)nc4c3F)c12. The van der Waals surface area contributed by atoms with Crippen molar-refractivity contribution in [2.75, 3.05) is 57.9 Å². The van der Waals surface area contributed by atoms with Crippen LogP contribution in [0.1, 0.15) is 37.7 Å². The highest BCUT2D eigenvalue weighted by Gasteiger charge is 2.51. The smallest absolute Gasteiger partial charge is 0.422 e. The number of amides is 1. The molecule has 0 radical (unpaired) electrons. The van der Waals surface area contributed by atoms with E-state index in [0.717, 1.165) is 50.4 Å². The summed E-state index contributed by atoms with van der Waals surface area (Å²) in [5, 5.41) is 11.3. The molecule has 5 heterocycles. The Balaban J connectivity index is 1.13. The van der Waals surface area contributed by atoms with Gasteiger partial charge in [-0.15, -0.1) is 6.42 Å². The monoisotopic (exact) mass is 764 g/mol. The molecule has 16 heteroatoms. The van der Waals surface area contributed by atoms with Gasteiger partial charge in [0.05, 0.1) is 31.4 Å². The van der Waals surface area contributed by atoms with Crippen molar-refractivity contribution >= 4 is 33.6 Å².